The number of hydrogen-bond acceptors (Lipinski definition) is 6. The van der Waals surface area contributed by atoms with Gasteiger partial charge in [0.15, 0.2) is 0 Å². The molecule has 7 nitrogen and oxygen atoms in total. The molecule has 1 aliphatic rings. The van der Waals surface area contributed by atoms with Crippen LogP contribution in [0.15, 0.2) is 54.7 Å². The first-order chi connectivity index (χ1) is 19.2. The molecule has 0 radical (unpaired) electrons. The molecule has 1 saturated heterocycles. The van der Waals surface area contributed by atoms with Crippen LogP contribution in [0.3, 0.4) is 0 Å². The topological polar surface area (TPSA) is 101 Å². The van der Waals surface area contributed by atoms with Gasteiger partial charge in [-0.1, -0.05) is 43.3 Å². The van der Waals surface area contributed by atoms with E-state index in [4.69, 9.17) is 5.73 Å². The van der Waals surface area contributed by atoms with Crippen molar-refractivity contribution < 1.29 is 22.8 Å². The summed E-state index contributed by atoms with van der Waals surface area (Å²) in [6.07, 6.45) is -0.146. The number of alkyl halides is 3. The smallest absolute Gasteiger partial charge is 0.369 e. The van der Waals surface area contributed by atoms with Gasteiger partial charge in [-0.3, -0.25) is 4.79 Å². The third-order valence-corrected chi connectivity index (χ3v) is 7.54. The quantitative estimate of drug-likeness (QED) is 0.264. The SMILES string of the molecule is CCC(C(N)=O)c1ccccc1CCc1nc(Nc2ccc(C3CCN(BC=O)CC3)cc2)ncc1C(F)(F)F. The zero-order chi connectivity index (χ0) is 28.7. The van der Waals surface area contributed by atoms with Gasteiger partial charge in [0.1, 0.15) is 0 Å². The Morgan fingerprint density at radius 3 is 2.48 bits per heavy atom. The van der Waals surface area contributed by atoms with Crippen molar-refractivity contribution in [2.24, 2.45) is 5.73 Å². The van der Waals surface area contributed by atoms with Crippen LogP contribution in [-0.4, -0.2) is 47.4 Å². The van der Waals surface area contributed by atoms with Gasteiger partial charge in [0.25, 0.3) is 7.41 Å². The molecule has 2 heterocycles. The van der Waals surface area contributed by atoms with E-state index in [-0.39, 0.29) is 24.5 Å². The number of aromatic nitrogens is 2. The maximum atomic E-state index is 13.8. The van der Waals surface area contributed by atoms with E-state index >= 15 is 0 Å². The highest BCUT2D eigenvalue weighted by Gasteiger charge is 2.35. The van der Waals surface area contributed by atoms with Gasteiger partial charge in [-0.15, -0.1) is 0 Å². The van der Waals surface area contributed by atoms with E-state index in [0.29, 0.717) is 25.4 Å². The first-order valence-electron chi connectivity index (χ1n) is 13.5. The minimum atomic E-state index is -4.60. The largest absolute Gasteiger partial charge is 0.419 e. The zero-order valence-electron chi connectivity index (χ0n) is 22.5. The van der Waals surface area contributed by atoms with Gasteiger partial charge in [-0.05, 0) is 79.9 Å². The molecule has 11 heteroatoms. The molecule has 40 heavy (non-hydrogen) atoms. The number of primary amides is 1. The molecule has 3 aromatic rings. The molecule has 1 fully saturated rings. The van der Waals surface area contributed by atoms with Crippen LogP contribution in [0, 0.1) is 0 Å². The van der Waals surface area contributed by atoms with Crippen molar-refractivity contribution in [1.82, 2.24) is 14.8 Å². The van der Waals surface area contributed by atoms with Gasteiger partial charge in [0.05, 0.1) is 23.4 Å². The standard InChI is InChI=1S/C29H33BF3N5O2/c1-2-23(27(34)40)24-6-4-3-5-21(24)9-12-26-25(29(31,32)33)17-35-28(37-26)36-22-10-7-19(8-11-22)20-13-15-38(16-14-20)30-18-39/h3-8,10-11,17-18,20,23,30H,2,9,12-16H2,1H3,(H2,34,40)(H,35,36,37). The molecule has 2 aromatic carbocycles. The average molecular weight is 551 g/mol. The Balaban J connectivity index is 1.49. The minimum absolute atomic E-state index is 0.0139. The molecular formula is C29H33BF3N5O2. The van der Waals surface area contributed by atoms with Gasteiger partial charge in [-0.25, -0.2) is 9.97 Å². The monoisotopic (exact) mass is 551 g/mol. The van der Waals surface area contributed by atoms with Crippen LogP contribution >= 0.6 is 0 Å². The van der Waals surface area contributed by atoms with Gasteiger partial charge < -0.3 is 20.7 Å². The summed E-state index contributed by atoms with van der Waals surface area (Å²) in [4.78, 5) is 33.0. The molecule has 0 bridgehead atoms. The molecule has 0 aliphatic carbocycles. The number of nitrogens with zero attached hydrogens (tertiary/aromatic N) is 3. The zero-order valence-corrected chi connectivity index (χ0v) is 22.5. The van der Waals surface area contributed by atoms with Crippen molar-refractivity contribution in [1.29, 1.82) is 0 Å². The lowest BCUT2D eigenvalue weighted by Crippen LogP contribution is -2.36. The molecule has 1 aliphatic heterocycles. The number of anilines is 2. The number of benzene rings is 2. The van der Waals surface area contributed by atoms with Crippen molar-refractivity contribution >= 4 is 31.1 Å². The van der Waals surface area contributed by atoms with Crippen LogP contribution in [0.1, 0.15) is 66.0 Å². The summed E-state index contributed by atoms with van der Waals surface area (Å²) in [5, 5.41) is 3.03. The lowest BCUT2D eigenvalue weighted by atomic mass is 9.84. The summed E-state index contributed by atoms with van der Waals surface area (Å²) >= 11 is 0. The number of rotatable bonds is 11. The lowest BCUT2D eigenvalue weighted by Gasteiger charge is -2.30. The fourth-order valence-corrected chi connectivity index (χ4v) is 5.36. The van der Waals surface area contributed by atoms with Crippen molar-refractivity contribution in [3.05, 3.63) is 82.7 Å². The number of carbonyl (C=O) groups is 2. The van der Waals surface area contributed by atoms with Gasteiger partial charge >= 0.3 is 6.18 Å². The number of halogens is 3. The number of aryl methyl sites for hydroxylation is 2. The normalized spacial score (nSPS) is 15.4. The Hall–Kier alpha value is -3.73. The van der Waals surface area contributed by atoms with Crippen molar-refractivity contribution in [3.8, 4) is 0 Å². The highest BCUT2D eigenvalue weighted by atomic mass is 19.4. The predicted molar refractivity (Wildman–Crippen MR) is 150 cm³/mol. The molecule has 0 saturated carbocycles. The van der Waals surface area contributed by atoms with Crippen LogP contribution in [0.5, 0.6) is 0 Å². The summed E-state index contributed by atoms with van der Waals surface area (Å²) in [6.45, 7) is 3.59. The van der Waals surface area contributed by atoms with Gasteiger partial charge in [-0.2, -0.15) is 13.2 Å². The Labute approximate surface area is 232 Å². The number of nitrogens with one attached hydrogen (secondary N) is 1. The number of amides is 1. The molecular weight excluding hydrogens is 518 g/mol. The maximum Gasteiger partial charge on any atom is 0.419 e. The molecule has 1 amide bonds. The van der Waals surface area contributed by atoms with E-state index in [9.17, 15) is 22.8 Å². The highest BCUT2D eigenvalue weighted by molar-refractivity contribution is 6.64. The summed E-state index contributed by atoms with van der Waals surface area (Å²) < 4.78 is 41.4. The van der Waals surface area contributed by atoms with E-state index in [2.05, 4.69) is 20.1 Å². The van der Waals surface area contributed by atoms with Crippen molar-refractivity contribution in [3.63, 3.8) is 0 Å². The van der Waals surface area contributed by atoms with Crippen LogP contribution in [-0.2, 0) is 28.6 Å². The Morgan fingerprint density at radius 2 is 1.85 bits per heavy atom. The molecule has 210 valence electrons. The van der Waals surface area contributed by atoms with Crippen LogP contribution in [0.2, 0.25) is 0 Å². The van der Waals surface area contributed by atoms with E-state index in [1.807, 2.05) is 37.3 Å². The van der Waals surface area contributed by atoms with E-state index in [1.165, 1.54) is 5.56 Å². The third-order valence-electron chi connectivity index (χ3n) is 7.54. The van der Waals surface area contributed by atoms with E-state index in [1.54, 1.807) is 18.2 Å². The molecule has 1 atom stereocenters. The number of nitrogens with two attached hydrogens (primary N) is 1. The number of carbonyl (C=O) groups excluding carboxylic acids is 2. The predicted octanol–water partition coefficient (Wildman–Crippen LogP) is 4.72. The highest BCUT2D eigenvalue weighted by Crippen LogP contribution is 2.33. The maximum absolute atomic E-state index is 13.8. The van der Waals surface area contributed by atoms with E-state index < -0.39 is 23.6 Å². The first-order valence-corrected chi connectivity index (χ1v) is 13.5. The lowest BCUT2D eigenvalue weighted by molar-refractivity contribution is -0.138. The van der Waals surface area contributed by atoms with E-state index in [0.717, 1.165) is 49.4 Å². The first kappa shape index (κ1) is 29.3. The van der Waals surface area contributed by atoms with Crippen molar-refractivity contribution in [2.75, 3.05) is 18.4 Å². The fourth-order valence-electron chi connectivity index (χ4n) is 5.36. The van der Waals surface area contributed by atoms with Crippen LogP contribution in [0.4, 0.5) is 24.8 Å². The van der Waals surface area contributed by atoms with Crippen molar-refractivity contribution in [2.45, 2.75) is 57.0 Å². The second-order valence-electron chi connectivity index (χ2n) is 10.1. The second kappa shape index (κ2) is 13.1. The number of piperidine rings is 1. The molecule has 1 aromatic heterocycles. The van der Waals surface area contributed by atoms with Gasteiger partial charge in [0.2, 0.25) is 11.9 Å². The minimum Gasteiger partial charge on any atom is -0.369 e. The Bertz CT molecular complexity index is 1310. The Morgan fingerprint density at radius 1 is 1.15 bits per heavy atom. The molecule has 1 unspecified atom stereocenters. The summed E-state index contributed by atoms with van der Waals surface area (Å²) in [7, 11) is 0.462. The number of hydrogen-bond donors (Lipinski definition) is 2. The summed E-state index contributed by atoms with van der Waals surface area (Å²) in [6, 6.07) is 15.0. The molecule has 4 rings (SSSR count). The van der Waals surface area contributed by atoms with Crippen LogP contribution in [0.25, 0.3) is 0 Å². The fraction of sp³-hybridized carbons (Fsp3) is 0.379. The Kier molecular flexibility index (Phi) is 9.57. The molecule has 3 N–H and O–H groups in total. The molecule has 0 spiro atoms. The summed E-state index contributed by atoms with van der Waals surface area (Å²) in [5.74, 6) is -0.494. The average Bonchev–Trinajstić information content (AvgIpc) is 2.93. The van der Waals surface area contributed by atoms with Crippen LogP contribution < -0.4 is 11.1 Å². The third kappa shape index (κ3) is 7.27. The summed E-state index contributed by atoms with van der Waals surface area (Å²) in [5.41, 5.74) is 7.92. The van der Waals surface area contributed by atoms with Gasteiger partial charge in [0, 0.05) is 11.9 Å². The second-order valence-corrected chi connectivity index (χ2v) is 10.1.